The van der Waals surface area contributed by atoms with Crippen LogP contribution in [0.5, 0.6) is 0 Å². The van der Waals surface area contributed by atoms with Crippen LogP contribution in [0.4, 0.5) is 13.9 Å². The highest BCUT2D eigenvalue weighted by Gasteiger charge is 2.16. The molecule has 1 heterocycles. The Morgan fingerprint density at radius 3 is 2.73 bits per heavy atom. The second-order valence-corrected chi connectivity index (χ2v) is 6.05. The summed E-state index contributed by atoms with van der Waals surface area (Å²) in [6.45, 7) is 1.88. The number of nitrogens with zero attached hydrogens (tertiary/aromatic N) is 1. The minimum Gasteiger partial charge on any atom is -0.298 e. The van der Waals surface area contributed by atoms with Gasteiger partial charge in [-0.25, -0.2) is 13.8 Å². The van der Waals surface area contributed by atoms with Gasteiger partial charge in [0.1, 0.15) is 11.6 Å². The molecule has 3 rings (SSSR count). The molecule has 0 unspecified atom stereocenters. The first-order valence-electron chi connectivity index (χ1n) is 6.28. The molecule has 1 amide bonds. The van der Waals surface area contributed by atoms with Crippen LogP contribution < -0.4 is 5.32 Å². The zero-order valence-electron chi connectivity index (χ0n) is 11.3. The molecule has 0 saturated heterocycles. The van der Waals surface area contributed by atoms with Gasteiger partial charge in [0.2, 0.25) is 0 Å². The summed E-state index contributed by atoms with van der Waals surface area (Å²) in [6, 6.07) is 6.36. The molecule has 7 heteroatoms. The molecule has 0 atom stereocenters. The fourth-order valence-corrected chi connectivity index (χ4v) is 3.20. The number of amides is 1. The molecule has 22 heavy (non-hydrogen) atoms. The summed E-state index contributed by atoms with van der Waals surface area (Å²) in [5.41, 5.74) is 1.36. The smallest absolute Gasteiger partial charge is 0.260 e. The second kappa shape index (κ2) is 5.62. The molecule has 1 N–H and O–H groups in total. The number of thiazole rings is 1. The lowest BCUT2D eigenvalue weighted by molar-refractivity contribution is 0.102. The van der Waals surface area contributed by atoms with E-state index >= 15 is 0 Å². The van der Waals surface area contributed by atoms with Gasteiger partial charge in [-0.3, -0.25) is 10.1 Å². The zero-order valence-corrected chi connectivity index (χ0v) is 12.9. The van der Waals surface area contributed by atoms with E-state index in [0.29, 0.717) is 21.7 Å². The molecule has 112 valence electrons. The Balaban J connectivity index is 1.94. The Labute approximate surface area is 133 Å². The quantitative estimate of drug-likeness (QED) is 0.730. The van der Waals surface area contributed by atoms with E-state index in [4.69, 9.17) is 11.6 Å². The Bertz CT molecular complexity index is 856. The highest BCUT2D eigenvalue weighted by atomic mass is 35.5. The number of aryl methyl sites for hydroxylation is 1. The van der Waals surface area contributed by atoms with Gasteiger partial charge >= 0.3 is 0 Å². The van der Waals surface area contributed by atoms with Crippen molar-refractivity contribution >= 4 is 44.2 Å². The van der Waals surface area contributed by atoms with E-state index < -0.39 is 17.5 Å². The lowest BCUT2D eigenvalue weighted by Gasteiger charge is -2.02. The summed E-state index contributed by atoms with van der Waals surface area (Å²) in [5, 5.41) is 3.35. The maximum Gasteiger partial charge on any atom is 0.260 e. The fourth-order valence-electron chi connectivity index (χ4n) is 1.99. The number of nitrogens with one attached hydrogen (secondary N) is 1. The summed E-state index contributed by atoms with van der Waals surface area (Å²) in [5.74, 6) is -2.35. The van der Waals surface area contributed by atoms with Gasteiger partial charge in [-0.15, -0.1) is 0 Å². The third kappa shape index (κ3) is 2.67. The second-order valence-electron chi connectivity index (χ2n) is 4.64. The molecule has 0 radical (unpaired) electrons. The minimum absolute atomic E-state index is 0.247. The number of fused-ring (bicyclic) bond motifs is 1. The van der Waals surface area contributed by atoms with Gasteiger partial charge in [-0.1, -0.05) is 29.0 Å². The van der Waals surface area contributed by atoms with Gasteiger partial charge in [0.25, 0.3) is 5.91 Å². The van der Waals surface area contributed by atoms with Crippen molar-refractivity contribution in [3.63, 3.8) is 0 Å². The summed E-state index contributed by atoms with van der Waals surface area (Å²) in [6.07, 6.45) is 0. The van der Waals surface area contributed by atoms with E-state index in [1.165, 1.54) is 11.3 Å². The maximum atomic E-state index is 13.6. The van der Waals surface area contributed by atoms with Crippen molar-refractivity contribution < 1.29 is 13.6 Å². The standard InChI is InChI=1S/C15H9ClF2N2OS/c1-7-2-5-10(16)13-12(7)19-15(22-13)20-14(21)9-4-3-8(17)6-11(9)18/h2-6H,1H3,(H,19,20,21). The molecular weight excluding hydrogens is 330 g/mol. The maximum absolute atomic E-state index is 13.6. The van der Waals surface area contributed by atoms with Crippen LogP contribution in [0.1, 0.15) is 15.9 Å². The van der Waals surface area contributed by atoms with Crippen LogP contribution in [0.25, 0.3) is 10.2 Å². The zero-order chi connectivity index (χ0) is 15.9. The lowest BCUT2D eigenvalue weighted by atomic mass is 10.2. The van der Waals surface area contributed by atoms with Crippen molar-refractivity contribution in [1.29, 1.82) is 0 Å². The van der Waals surface area contributed by atoms with Gasteiger partial charge < -0.3 is 0 Å². The highest BCUT2D eigenvalue weighted by molar-refractivity contribution is 7.23. The van der Waals surface area contributed by atoms with Crippen molar-refractivity contribution in [2.45, 2.75) is 6.92 Å². The van der Waals surface area contributed by atoms with E-state index in [-0.39, 0.29) is 5.56 Å². The lowest BCUT2D eigenvalue weighted by Crippen LogP contribution is -2.13. The van der Waals surface area contributed by atoms with Gasteiger partial charge in [0, 0.05) is 6.07 Å². The van der Waals surface area contributed by atoms with Crippen molar-refractivity contribution in [2.75, 3.05) is 5.32 Å². The number of benzene rings is 2. The number of halogens is 3. The summed E-state index contributed by atoms with van der Waals surface area (Å²) >= 11 is 7.29. The molecule has 0 aliphatic carbocycles. The van der Waals surface area contributed by atoms with Crippen LogP contribution >= 0.6 is 22.9 Å². The molecule has 0 fully saturated rings. The normalized spacial score (nSPS) is 10.9. The largest absolute Gasteiger partial charge is 0.298 e. The van der Waals surface area contributed by atoms with E-state index in [0.717, 1.165) is 22.4 Å². The van der Waals surface area contributed by atoms with Crippen molar-refractivity contribution in [2.24, 2.45) is 0 Å². The van der Waals surface area contributed by atoms with E-state index in [1.807, 2.05) is 13.0 Å². The molecule has 0 saturated carbocycles. The van der Waals surface area contributed by atoms with E-state index in [9.17, 15) is 13.6 Å². The van der Waals surface area contributed by atoms with Crippen molar-refractivity contribution in [3.8, 4) is 0 Å². The topological polar surface area (TPSA) is 42.0 Å². The number of rotatable bonds is 2. The Hall–Kier alpha value is -2.05. The van der Waals surface area contributed by atoms with Gasteiger partial charge in [0.15, 0.2) is 5.13 Å². The Morgan fingerprint density at radius 1 is 1.27 bits per heavy atom. The number of hydrogen-bond donors (Lipinski definition) is 1. The number of carbonyl (C=O) groups is 1. The number of anilines is 1. The molecule has 0 bridgehead atoms. The first-order chi connectivity index (χ1) is 10.5. The predicted molar refractivity (Wildman–Crippen MR) is 83.7 cm³/mol. The Kier molecular flexibility index (Phi) is 3.80. The van der Waals surface area contributed by atoms with Crippen LogP contribution in [0.15, 0.2) is 30.3 Å². The molecule has 2 aromatic carbocycles. The van der Waals surface area contributed by atoms with Crippen LogP contribution in [0.2, 0.25) is 5.02 Å². The molecule has 0 aliphatic rings. The van der Waals surface area contributed by atoms with E-state index in [2.05, 4.69) is 10.3 Å². The molecule has 0 spiro atoms. The Morgan fingerprint density at radius 2 is 2.05 bits per heavy atom. The molecule has 1 aromatic heterocycles. The third-order valence-electron chi connectivity index (χ3n) is 3.09. The van der Waals surface area contributed by atoms with Crippen LogP contribution in [0.3, 0.4) is 0 Å². The molecular formula is C15H9ClF2N2OS. The van der Waals surface area contributed by atoms with Crippen molar-refractivity contribution in [1.82, 2.24) is 4.98 Å². The third-order valence-corrected chi connectivity index (χ3v) is 4.52. The number of aromatic nitrogens is 1. The van der Waals surface area contributed by atoms with Crippen molar-refractivity contribution in [3.05, 3.63) is 58.1 Å². The number of hydrogen-bond acceptors (Lipinski definition) is 3. The average molecular weight is 339 g/mol. The highest BCUT2D eigenvalue weighted by Crippen LogP contribution is 2.34. The van der Waals surface area contributed by atoms with Gasteiger partial charge in [0.05, 0.1) is 20.8 Å². The molecule has 3 aromatic rings. The number of carbonyl (C=O) groups excluding carboxylic acids is 1. The SMILES string of the molecule is Cc1ccc(Cl)c2sc(NC(=O)c3ccc(F)cc3F)nc12. The summed E-state index contributed by atoms with van der Waals surface area (Å²) < 4.78 is 27.2. The fraction of sp³-hybridized carbons (Fsp3) is 0.0667. The minimum atomic E-state index is -0.923. The summed E-state index contributed by atoms with van der Waals surface area (Å²) in [7, 11) is 0. The first kappa shape index (κ1) is 14.9. The van der Waals surface area contributed by atoms with Crippen LogP contribution in [0, 0.1) is 18.6 Å². The van der Waals surface area contributed by atoms with Gasteiger partial charge in [-0.2, -0.15) is 0 Å². The summed E-state index contributed by atoms with van der Waals surface area (Å²) in [4.78, 5) is 16.3. The predicted octanol–water partition coefficient (Wildman–Crippen LogP) is 4.79. The van der Waals surface area contributed by atoms with Gasteiger partial charge in [-0.05, 0) is 30.7 Å². The monoisotopic (exact) mass is 338 g/mol. The van der Waals surface area contributed by atoms with Crippen LogP contribution in [-0.4, -0.2) is 10.9 Å². The first-order valence-corrected chi connectivity index (χ1v) is 7.47. The van der Waals surface area contributed by atoms with E-state index in [1.54, 1.807) is 6.07 Å². The average Bonchev–Trinajstić information content (AvgIpc) is 2.88. The molecule has 0 aliphatic heterocycles. The van der Waals surface area contributed by atoms with Crippen LogP contribution in [-0.2, 0) is 0 Å². The molecule has 3 nitrogen and oxygen atoms in total.